The molecule has 0 aliphatic heterocycles. The third-order valence-corrected chi connectivity index (χ3v) is 6.42. The largest absolute Gasteiger partial charge is 0.491 e. The Hall–Kier alpha value is -2.10. The monoisotopic (exact) mass is 376 g/mol. The molecule has 0 heterocycles. The van der Waals surface area contributed by atoms with E-state index in [9.17, 15) is 0 Å². The zero-order chi connectivity index (χ0) is 19.0. The Morgan fingerprint density at radius 3 is 2.56 bits per heavy atom. The van der Waals surface area contributed by atoms with E-state index in [-0.39, 0.29) is 0 Å². The van der Waals surface area contributed by atoms with Crippen LogP contribution in [0.4, 0.5) is 0 Å². The molecule has 1 unspecified atom stereocenters. The highest BCUT2D eigenvalue weighted by molar-refractivity contribution is 6.69. The Morgan fingerprint density at radius 1 is 0.963 bits per heavy atom. The molecule has 2 aliphatic carbocycles. The lowest BCUT2D eigenvalue weighted by molar-refractivity contribution is 0.162. The highest BCUT2D eigenvalue weighted by atomic mass is 28.4. The molecule has 0 aromatic heterocycles. The summed E-state index contributed by atoms with van der Waals surface area (Å²) in [6.07, 6.45) is 5.23. The molecule has 4 rings (SSSR count). The summed E-state index contributed by atoms with van der Waals surface area (Å²) in [6, 6.07) is 15.7. The van der Waals surface area contributed by atoms with Crippen molar-refractivity contribution in [1.82, 2.24) is 0 Å². The molecule has 0 saturated heterocycles. The smallest absolute Gasteiger partial charge is 0.183 e. The first-order chi connectivity index (χ1) is 12.9. The van der Waals surface area contributed by atoms with Crippen molar-refractivity contribution in [1.29, 1.82) is 0 Å². The third-order valence-electron chi connectivity index (χ3n) is 5.35. The maximum Gasteiger partial charge on any atom is 0.183 e. The fraction of sp³-hybridized carbons (Fsp3) is 0.333. The first kappa shape index (κ1) is 18.3. The molecule has 2 aromatic carbocycles. The van der Waals surface area contributed by atoms with Crippen LogP contribution in [0.25, 0.3) is 16.7 Å². The van der Waals surface area contributed by atoms with Gasteiger partial charge in [0.1, 0.15) is 12.4 Å². The molecule has 0 fully saturated rings. The van der Waals surface area contributed by atoms with Crippen LogP contribution < -0.4 is 0 Å². The SMILES string of the molecule is CC1c2ccccc2-c2ccc(C3=C(OCCO[Si](C)(C)C)C=CC3)cc21. The molecular weight excluding hydrogens is 348 g/mol. The van der Waals surface area contributed by atoms with E-state index in [0.29, 0.717) is 19.1 Å². The summed E-state index contributed by atoms with van der Waals surface area (Å²) in [7, 11) is -1.48. The summed E-state index contributed by atoms with van der Waals surface area (Å²) in [4.78, 5) is 0. The van der Waals surface area contributed by atoms with Crippen molar-refractivity contribution in [3.63, 3.8) is 0 Å². The molecule has 27 heavy (non-hydrogen) atoms. The number of hydrogen-bond acceptors (Lipinski definition) is 2. The number of benzene rings is 2. The van der Waals surface area contributed by atoms with E-state index < -0.39 is 8.32 Å². The molecule has 0 N–H and O–H groups in total. The van der Waals surface area contributed by atoms with Crippen LogP contribution >= 0.6 is 0 Å². The molecule has 2 nitrogen and oxygen atoms in total. The van der Waals surface area contributed by atoms with Crippen LogP contribution in [-0.4, -0.2) is 21.5 Å². The van der Waals surface area contributed by atoms with Gasteiger partial charge in [0.25, 0.3) is 0 Å². The Morgan fingerprint density at radius 2 is 1.74 bits per heavy atom. The number of rotatable bonds is 6. The maximum absolute atomic E-state index is 6.06. The zero-order valence-corrected chi connectivity index (χ0v) is 17.7. The molecular formula is C24H28O2Si. The van der Waals surface area contributed by atoms with Gasteiger partial charge in [0.15, 0.2) is 8.32 Å². The predicted molar refractivity (Wildman–Crippen MR) is 115 cm³/mol. The average molecular weight is 377 g/mol. The molecule has 2 aromatic rings. The molecule has 0 amide bonds. The van der Waals surface area contributed by atoms with Crippen LogP contribution in [0.1, 0.15) is 36.0 Å². The Labute approximate surface area is 163 Å². The summed E-state index contributed by atoms with van der Waals surface area (Å²) < 4.78 is 12.0. The summed E-state index contributed by atoms with van der Waals surface area (Å²) in [5, 5.41) is 0. The lowest BCUT2D eigenvalue weighted by Crippen LogP contribution is -2.27. The van der Waals surface area contributed by atoms with E-state index in [1.165, 1.54) is 33.4 Å². The fourth-order valence-corrected chi connectivity index (χ4v) is 4.72. The maximum atomic E-state index is 6.06. The van der Waals surface area contributed by atoms with Gasteiger partial charge in [-0.25, -0.2) is 0 Å². The van der Waals surface area contributed by atoms with E-state index >= 15 is 0 Å². The number of hydrogen-bond donors (Lipinski definition) is 0. The van der Waals surface area contributed by atoms with Gasteiger partial charge in [-0.1, -0.05) is 55.5 Å². The van der Waals surface area contributed by atoms with Crippen molar-refractivity contribution in [3.05, 3.63) is 77.1 Å². The van der Waals surface area contributed by atoms with E-state index in [2.05, 4.69) is 81.2 Å². The van der Waals surface area contributed by atoms with Crippen LogP contribution in [0.2, 0.25) is 19.6 Å². The molecule has 1 atom stereocenters. The molecule has 3 heteroatoms. The van der Waals surface area contributed by atoms with Gasteiger partial charge in [-0.15, -0.1) is 0 Å². The van der Waals surface area contributed by atoms with E-state index in [1.807, 2.05) is 0 Å². The normalized spacial score (nSPS) is 18.0. The first-order valence-corrected chi connectivity index (χ1v) is 13.2. The summed E-state index contributed by atoms with van der Waals surface area (Å²) in [5.41, 5.74) is 8.18. The lowest BCUT2D eigenvalue weighted by atomic mass is 9.95. The van der Waals surface area contributed by atoms with Gasteiger partial charge in [0.2, 0.25) is 0 Å². The van der Waals surface area contributed by atoms with Crippen molar-refractivity contribution >= 4 is 13.9 Å². The third kappa shape index (κ3) is 3.67. The van der Waals surface area contributed by atoms with Gasteiger partial charge in [0, 0.05) is 11.5 Å². The van der Waals surface area contributed by atoms with Gasteiger partial charge in [-0.2, -0.15) is 0 Å². The van der Waals surface area contributed by atoms with Crippen molar-refractivity contribution in [3.8, 4) is 11.1 Å². The van der Waals surface area contributed by atoms with E-state index in [4.69, 9.17) is 9.16 Å². The predicted octanol–water partition coefficient (Wildman–Crippen LogP) is 6.36. The molecule has 140 valence electrons. The standard InChI is InChI=1S/C24H28O2Si/c1-17-19-8-5-6-9-21(19)22-13-12-18(16-23(17)22)20-10-7-11-24(20)25-14-15-26-27(2,3)4/h5-9,11-13,16-17H,10,14-15H2,1-4H3. The number of allylic oxidation sites excluding steroid dienone is 3. The number of ether oxygens (including phenoxy) is 1. The Bertz CT molecular complexity index is 918. The quantitative estimate of drug-likeness (QED) is 0.431. The van der Waals surface area contributed by atoms with Crippen molar-refractivity contribution in [2.75, 3.05) is 13.2 Å². The second-order valence-electron chi connectivity index (χ2n) is 8.37. The molecule has 2 aliphatic rings. The van der Waals surface area contributed by atoms with E-state index in [0.717, 1.165) is 12.2 Å². The Balaban J connectivity index is 1.55. The zero-order valence-electron chi connectivity index (χ0n) is 16.7. The van der Waals surface area contributed by atoms with Crippen molar-refractivity contribution in [2.24, 2.45) is 0 Å². The summed E-state index contributed by atoms with van der Waals surface area (Å²) >= 11 is 0. The van der Waals surface area contributed by atoms with Gasteiger partial charge >= 0.3 is 0 Å². The van der Waals surface area contributed by atoms with Gasteiger partial charge in [-0.3, -0.25) is 0 Å². The summed E-state index contributed by atoms with van der Waals surface area (Å²) in [5.74, 6) is 1.44. The van der Waals surface area contributed by atoms with Gasteiger partial charge in [-0.05, 0) is 60.0 Å². The highest BCUT2D eigenvalue weighted by Gasteiger charge is 2.26. The summed E-state index contributed by atoms with van der Waals surface area (Å²) in [6.45, 7) is 10.2. The molecule has 0 spiro atoms. The topological polar surface area (TPSA) is 18.5 Å². The lowest BCUT2D eigenvalue weighted by Gasteiger charge is -2.18. The van der Waals surface area contributed by atoms with Gasteiger partial charge in [0.05, 0.1) is 6.61 Å². The van der Waals surface area contributed by atoms with Crippen LogP contribution in [0.15, 0.2) is 60.4 Å². The fourth-order valence-electron chi connectivity index (χ4n) is 4.02. The second kappa shape index (κ2) is 7.14. The Kier molecular flexibility index (Phi) is 4.83. The second-order valence-corrected chi connectivity index (χ2v) is 12.9. The molecule has 0 radical (unpaired) electrons. The van der Waals surface area contributed by atoms with Crippen LogP contribution in [-0.2, 0) is 9.16 Å². The van der Waals surface area contributed by atoms with Crippen molar-refractivity contribution < 1.29 is 9.16 Å². The van der Waals surface area contributed by atoms with E-state index in [1.54, 1.807) is 0 Å². The average Bonchev–Trinajstić information content (AvgIpc) is 3.22. The molecule has 0 bridgehead atoms. The minimum absolute atomic E-state index is 0.445. The number of fused-ring (bicyclic) bond motifs is 3. The van der Waals surface area contributed by atoms with Gasteiger partial charge < -0.3 is 9.16 Å². The minimum atomic E-state index is -1.48. The minimum Gasteiger partial charge on any atom is -0.491 e. The molecule has 0 saturated carbocycles. The first-order valence-electron chi connectivity index (χ1n) is 9.84. The van der Waals surface area contributed by atoms with Crippen LogP contribution in [0.3, 0.4) is 0 Å². The highest BCUT2D eigenvalue weighted by Crippen LogP contribution is 2.45. The van der Waals surface area contributed by atoms with Crippen LogP contribution in [0, 0.1) is 0 Å². The van der Waals surface area contributed by atoms with Crippen molar-refractivity contribution in [2.45, 2.75) is 38.9 Å². The van der Waals surface area contributed by atoms with Crippen LogP contribution in [0.5, 0.6) is 0 Å².